The predicted molar refractivity (Wildman–Crippen MR) is 171 cm³/mol. The van der Waals surface area contributed by atoms with E-state index in [4.69, 9.17) is 18.9 Å². The van der Waals surface area contributed by atoms with Crippen LogP contribution in [0.5, 0.6) is 6.01 Å². The van der Waals surface area contributed by atoms with Gasteiger partial charge in [0, 0.05) is 19.6 Å². The van der Waals surface area contributed by atoms with Gasteiger partial charge in [-0.1, -0.05) is 54.6 Å². The van der Waals surface area contributed by atoms with E-state index in [0.29, 0.717) is 36.0 Å². The lowest BCUT2D eigenvalue weighted by Crippen LogP contribution is -2.27. The summed E-state index contributed by atoms with van der Waals surface area (Å²) >= 11 is 0. The van der Waals surface area contributed by atoms with Crippen molar-refractivity contribution >= 4 is 23.0 Å². The fraction of sp³-hybridized carbons (Fsp3) is 0.333. The number of fused-ring (bicyclic) bond motifs is 1. The summed E-state index contributed by atoms with van der Waals surface area (Å²) in [4.78, 5) is 46.5. The van der Waals surface area contributed by atoms with Crippen molar-refractivity contribution in [2.45, 2.75) is 51.7 Å². The fourth-order valence-corrected chi connectivity index (χ4v) is 6.01. The van der Waals surface area contributed by atoms with Crippen LogP contribution in [0, 0.1) is 16.0 Å². The third-order valence-corrected chi connectivity index (χ3v) is 8.20. The van der Waals surface area contributed by atoms with E-state index in [1.165, 1.54) is 14.0 Å². The van der Waals surface area contributed by atoms with E-state index in [1.807, 2.05) is 55.5 Å². The molecule has 1 aliphatic rings. The van der Waals surface area contributed by atoms with Crippen LogP contribution in [0.3, 0.4) is 0 Å². The molecule has 0 spiro atoms. The summed E-state index contributed by atoms with van der Waals surface area (Å²) in [6, 6.07) is 21.1. The van der Waals surface area contributed by atoms with Gasteiger partial charge in [0.05, 0.1) is 41.8 Å². The summed E-state index contributed by atoms with van der Waals surface area (Å²) in [7, 11) is 1.38. The molecular weight excluding hydrogens is 638 g/mol. The molecule has 254 valence electrons. The smallest absolute Gasteiger partial charge is 0.343 e. The van der Waals surface area contributed by atoms with Crippen LogP contribution >= 0.6 is 0 Å². The van der Waals surface area contributed by atoms with Crippen molar-refractivity contribution < 1.29 is 38.5 Å². The number of hydrogen-bond donors (Lipinski definition) is 1. The summed E-state index contributed by atoms with van der Waals surface area (Å²) in [5.41, 5.74) is 4.84. The van der Waals surface area contributed by atoms with Crippen LogP contribution in [0.1, 0.15) is 42.6 Å². The van der Waals surface area contributed by atoms with Crippen LogP contribution in [0.4, 0.5) is 0 Å². The number of ether oxygens (including phenoxy) is 4. The molecule has 0 bridgehead atoms. The number of rotatable bonds is 13. The van der Waals surface area contributed by atoms with Crippen LogP contribution in [0.25, 0.3) is 33.5 Å². The normalized spacial score (nSPS) is 17.8. The molecule has 2 heterocycles. The second-order valence-electron chi connectivity index (χ2n) is 11.3. The van der Waals surface area contributed by atoms with Gasteiger partial charge in [-0.25, -0.2) is 4.79 Å². The molecule has 1 fully saturated rings. The van der Waals surface area contributed by atoms with Crippen molar-refractivity contribution in [2.24, 2.45) is 5.92 Å². The molecule has 16 heteroatoms. The van der Waals surface area contributed by atoms with Gasteiger partial charge in [0.15, 0.2) is 0 Å². The van der Waals surface area contributed by atoms with E-state index in [9.17, 15) is 19.7 Å². The number of H-pyrrole nitrogens is 1. The first kappa shape index (κ1) is 33.0. The molecule has 5 aromatic rings. The van der Waals surface area contributed by atoms with Crippen LogP contribution in [0.2, 0.25) is 0 Å². The third kappa shape index (κ3) is 7.18. The molecule has 6 rings (SSSR count). The Morgan fingerprint density at radius 2 is 1.78 bits per heavy atom. The molecule has 4 atom stereocenters. The Labute approximate surface area is 279 Å². The van der Waals surface area contributed by atoms with Crippen molar-refractivity contribution in [3.05, 3.63) is 88.0 Å². The largest absolute Gasteiger partial charge is 0.465 e. The number of carbonyl (C=O) groups excluding carboxylic acids is 2. The summed E-state index contributed by atoms with van der Waals surface area (Å²) < 4.78 is 23.9. The van der Waals surface area contributed by atoms with Crippen molar-refractivity contribution in [1.82, 2.24) is 30.2 Å². The molecule has 49 heavy (non-hydrogen) atoms. The number of tetrazole rings is 1. The summed E-state index contributed by atoms with van der Waals surface area (Å²) in [6.07, 6.45) is -2.61. The number of esters is 2. The monoisotopic (exact) mass is 671 g/mol. The van der Waals surface area contributed by atoms with Crippen molar-refractivity contribution in [2.75, 3.05) is 13.7 Å². The average molecular weight is 672 g/mol. The highest BCUT2D eigenvalue weighted by molar-refractivity contribution is 6.02. The zero-order valence-electron chi connectivity index (χ0n) is 26.8. The van der Waals surface area contributed by atoms with Gasteiger partial charge in [0.2, 0.25) is 12.1 Å². The van der Waals surface area contributed by atoms with Gasteiger partial charge in [-0.05, 0) is 53.8 Å². The van der Waals surface area contributed by atoms with Crippen molar-refractivity contribution in [1.29, 1.82) is 0 Å². The lowest BCUT2D eigenvalue weighted by Gasteiger charge is -2.17. The molecular formula is C33H33N7O9. The molecule has 0 aliphatic heterocycles. The second kappa shape index (κ2) is 14.5. The number of nitrogens with one attached hydrogen (secondary N) is 1. The molecule has 2 aromatic heterocycles. The van der Waals surface area contributed by atoms with Gasteiger partial charge in [-0.2, -0.15) is 10.2 Å². The standard InChI is InChI=1S/C33H33N7O9/c1-4-46-33-34-26-11-7-10-25(32(42)48-19(2)47-31(41)22-16-27(45-3)28(17-22)49-40(43)44)29(26)39(33)18-20-12-14-21(15-13-20)23-8-5-6-9-24(23)30-35-37-38-36-30/h5-15,19,22,27-28H,4,16-18H2,1-3H3,(H,35,36,37,38)/t19?,22?,27-,28-/m0/s1. The molecule has 3 aromatic carbocycles. The zero-order valence-corrected chi connectivity index (χ0v) is 26.8. The first-order valence-corrected chi connectivity index (χ1v) is 15.5. The lowest BCUT2D eigenvalue weighted by atomic mass is 9.98. The minimum absolute atomic E-state index is 0.0317. The van der Waals surface area contributed by atoms with Crippen LogP contribution < -0.4 is 4.74 Å². The summed E-state index contributed by atoms with van der Waals surface area (Å²) in [6.45, 7) is 3.94. The van der Waals surface area contributed by atoms with Gasteiger partial charge >= 0.3 is 11.9 Å². The molecule has 1 saturated carbocycles. The minimum Gasteiger partial charge on any atom is -0.465 e. The molecule has 0 saturated heterocycles. The number of para-hydroxylation sites is 1. The molecule has 0 amide bonds. The summed E-state index contributed by atoms with van der Waals surface area (Å²) in [5.74, 6) is -1.65. The number of methoxy groups -OCH3 is 1. The Balaban J connectivity index is 1.20. The van der Waals surface area contributed by atoms with E-state index < -0.39 is 41.4 Å². The number of nitrogens with zero attached hydrogens (tertiary/aromatic N) is 6. The van der Waals surface area contributed by atoms with Crippen LogP contribution in [-0.2, 0) is 30.4 Å². The van der Waals surface area contributed by atoms with Gasteiger partial charge < -0.3 is 23.8 Å². The summed E-state index contributed by atoms with van der Waals surface area (Å²) in [5, 5.41) is 24.3. The van der Waals surface area contributed by atoms with Crippen molar-refractivity contribution in [3.63, 3.8) is 0 Å². The van der Waals surface area contributed by atoms with Gasteiger partial charge in [-0.3, -0.25) is 9.36 Å². The van der Waals surface area contributed by atoms with E-state index in [1.54, 1.807) is 22.8 Å². The van der Waals surface area contributed by atoms with Crippen LogP contribution in [-0.4, -0.2) is 79.4 Å². The quantitative estimate of drug-likeness (QED) is 0.0802. The number of aromatic nitrogens is 6. The van der Waals surface area contributed by atoms with Crippen LogP contribution in [0.15, 0.2) is 66.7 Å². The Kier molecular flexibility index (Phi) is 9.75. The third-order valence-electron chi connectivity index (χ3n) is 8.20. The highest BCUT2D eigenvalue weighted by Gasteiger charge is 2.42. The Morgan fingerprint density at radius 3 is 2.47 bits per heavy atom. The highest BCUT2D eigenvalue weighted by atomic mass is 17.0. The number of hydrogen-bond acceptors (Lipinski definition) is 13. The predicted octanol–water partition coefficient (Wildman–Crippen LogP) is 4.38. The zero-order chi connectivity index (χ0) is 34.5. The maximum absolute atomic E-state index is 13.5. The number of aromatic amines is 1. The molecule has 0 radical (unpaired) electrons. The lowest BCUT2D eigenvalue weighted by molar-refractivity contribution is -0.770. The van der Waals surface area contributed by atoms with Crippen molar-refractivity contribution in [3.8, 4) is 28.5 Å². The molecule has 2 unspecified atom stereocenters. The number of imidazole rings is 1. The molecule has 16 nitrogen and oxygen atoms in total. The highest BCUT2D eigenvalue weighted by Crippen LogP contribution is 2.33. The maximum atomic E-state index is 13.5. The van der Waals surface area contributed by atoms with Gasteiger partial charge in [-0.15, -0.1) is 20.3 Å². The first-order chi connectivity index (χ1) is 23.7. The maximum Gasteiger partial charge on any atom is 0.343 e. The Hall–Kier alpha value is -5.90. The Bertz CT molecular complexity index is 1950. The van der Waals surface area contributed by atoms with E-state index in [-0.39, 0.29) is 18.4 Å². The van der Waals surface area contributed by atoms with E-state index >= 15 is 0 Å². The molecule has 1 aliphatic carbocycles. The number of carbonyl (C=O) groups is 2. The first-order valence-electron chi connectivity index (χ1n) is 15.5. The second-order valence-corrected chi connectivity index (χ2v) is 11.3. The fourth-order valence-electron chi connectivity index (χ4n) is 6.01. The Morgan fingerprint density at radius 1 is 1.02 bits per heavy atom. The van der Waals surface area contributed by atoms with E-state index in [2.05, 4.69) is 30.4 Å². The molecule has 1 N–H and O–H groups in total. The van der Waals surface area contributed by atoms with E-state index in [0.717, 1.165) is 22.3 Å². The van der Waals surface area contributed by atoms with Gasteiger partial charge in [0.25, 0.3) is 11.1 Å². The number of benzene rings is 3. The SMILES string of the molecule is CCOc1nc2cccc(C(=O)OC(C)OC(=O)C3C[C@H](OC)[C@@H](O[N+](=O)[O-])C3)c2n1Cc1ccc(-c2ccccc2-c2nn[nH]n2)cc1. The average Bonchev–Trinajstić information content (AvgIpc) is 3.85. The topological polar surface area (TPSA) is 196 Å². The van der Waals surface area contributed by atoms with Gasteiger partial charge in [0.1, 0.15) is 6.10 Å². The minimum atomic E-state index is -1.25.